The van der Waals surface area contributed by atoms with Crippen molar-refractivity contribution in [2.24, 2.45) is 0 Å². The lowest BCUT2D eigenvalue weighted by Crippen LogP contribution is -2.27. The van der Waals surface area contributed by atoms with Crippen LogP contribution in [0, 0.1) is 0 Å². The molecule has 3 heteroatoms. The lowest BCUT2D eigenvalue weighted by atomic mass is 10.1. The number of likely N-dealkylation sites (N-methyl/N-ethyl adjacent to an activating group) is 1. The van der Waals surface area contributed by atoms with E-state index in [0.717, 1.165) is 18.5 Å². The number of nitrogens with one attached hydrogen (secondary N) is 1. The van der Waals surface area contributed by atoms with Crippen molar-refractivity contribution in [1.82, 2.24) is 9.69 Å². The van der Waals surface area contributed by atoms with E-state index < -0.39 is 0 Å². The SMILES string of the molecule is CCNC(C)Cc1snc2ccccc12. The highest BCUT2D eigenvalue weighted by Gasteiger charge is 2.08. The maximum Gasteiger partial charge on any atom is 0.0843 e. The van der Waals surface area contributed by atoms with Crippen LogP contribution in [0.15, 0.2) is 24.3 Å². The van der Waals surface area contributed by atoms with Gasteiger partial charge in [-0.25, -0.2) is 0 Å². The minimum Gasteiger partial charge on any atom is -0.314 e. The number of hydrogen-bond donors (Lipinski definition) is 1. The second kappa shape index (κ2) is 4.73. The summed E-state index contributed by atoms with van der Waals surface area (Å²) in [7, 11) is 0. The third-order valence-electron chi connectivity index (χ3n) is 2.50. The standard InChI is InChI=1S/C12H16N2S/c1-3-13-9(2)8-12-10-6-4-5-7-11(10)14-15-12/h4-7,9,13H,3,8H2,1-2H3. The molecule has 0 saturated heterocycles. The maximum absolute atomic E-state index is 4.45. The van der Waals surface area contributed by atoms with Crippen LogP contribution in [0.3, 0.4) is 0 Å². The summed E-state index contributed by atoms with van der Waals surface area (Å²) >= 11 is 1.63. The maximum atomic E-state index is 4.45. The Kier molecular flexibility index (Phi) is 3.34. The Morgan fingerprint density at radius 2 is 2.20 bits per heavy atom. The van der Waals surface area contributed by atoms with Gasteiger partial charge in [-0.3, -0.25) is 0 Å². The predicted molar refractivity (Wildman–Crippen MR) is 66.5 cm³/mol. The summed E-state index contributed by atoms with van der Waals surface area (Å²) in [4.78, 5) is 1.39. The highest BCUT2D eigenvalue weighted by Crippen LogP contribution is 2.23. The van der Waals surface area contributed by atoms with Crippen molar-refractivity contribution in [3.05, 3.63) is 29.1 Å². The molecule has 0 saturated carbocycles. The van der Waals surface area contributed by atoms with Crippen LogP contribution in [-0.2, 0) is 6.42 Å². The lowest BCUT2D eigenvalue weighted by molar-refractivity contribution is 0.570. The van der Waals surface area contributed by atoms with E-state index in [1.165, 1.54) is 10.3 Å². The smallest absolute Gasteiger partial charge is 0.0843 e. The minimum absolute atomic E-state index is 0.527. The van der Waals surface area contributed by atoms with E-state index in [-0.39, 0.29) is 0 Å². The highest BCUT2D eigenvalue weighted by atomic mass is 32.1. The molecule has 0 aliphatic rings. The van der Waals surface area contributed by atoms with Gasteiger partial charge in [0, 0.05) is 16.3 Å². The van der Waals surface area contributed by atoms with Gasteiger partial charge in [0.15, 0.2) is 0 Å². The number of benzene rings is 1. The summed E-state index contributed by atoms with van der Waals surface area (Å²) in [5.41, 5.74) is 1.13. The second-order valence-electron chi connectivity index (χ2n) is 3.79. The zero-order valence-electron chi connectivity index (χ0n) is 9.16. The molecular formula is C12H16N2S. The van der Waals surface area contributed by atoms with Crippen molar-refractivity contribution in [3.8, 4) is 0 Å². The molecule has 0 aliphatic heterocycles. The molecule has 2 aromatic rings. The number of nitrogens with zero attached hydrogens (tertiary/aromatic N) is 1. The fourth-order valence-corrected chi connectivity index (χ4v) is 2.75. The van der Waals surface area contributed by atoms with Crippen molar-refractivity contribution in [2.45, 2.75) is 26.3 Å². The van der Waals surface area contributed by atoms with Crippen molar-refractivity contribution < 1.29 is 0 Å². The predicted octanol–water partition coefficient (Wildman–Crippen LogP) is 2.84. The molecule has 15 heavy (non-hydrogen) atoms. The van der Waals surface area contributed by atoms with Gasteiger partial charge in [-0.2, -0.15) is 4.37 Å². The summed E-state index contributed by atoms with van der Waals surface area (Å²) in [5.74, 6) is 0. The molecule has 2 nitrogen and oxygen atoms in total. The van der Waals surface area contributed by atoms with Crippen molar-refractivity contribution in [2.75, 3.05) is 6.54 Å². The molecule has 0 aliphatic carbocycles. The molecule has 0 amide bonds. The first-order valence-corrected chi connectivity index (χ1v) is 6.15. The summed E-state index contributed by atoms with van der Waals surface area (Å²) in [6, 6.07) is 8.89. The third kappa shape index (κ3) is 2.36. The van der Waals surface area contributed by atoms with Crippen LogP contribution in [0.2, 0.25) is 0 Å². The van der Waals surface area contributed by atoms with Crippen molar-refractivity contribution in [3.63, 3.8) is 0 Å². The first-order chi connectivity index (χ1) is 7.31. The molecule has 0 fully saturated rings. The molecule has 80 valence electrons. The normalized spacial score (nSPS) is 13.2. The van der Waals surface area contributed by atoms with Gasteiger partial charge in [0.05, 0.1) is 5.52 Å². The molecule has 1 N–H and O–H groups in total. The van der Waals surface area contributed by atoms with Crippen LogP contribution in [0.25, 0.3) is 10.9 Å². The summed E-state index contributed by atoms with van der Waals surface area (Å²) in [5, 5.41) is 4.74. The topological polar surface area (TPSA) is 24.9 Å². The number of hydrogen-bond acceptors (Lipinski definition) is 3. The molecule has 1 heterocycles. The van der Waals surface area contributed by atoms with Gasteiger partial charge in [-0.05, 0) is 37.5 Å². The van der Waals surface area contributed by atoms with E-state index in [2.05, 4.69) is 41.7 Å². The molecule has 0 bridgehead atoms. The number of rotatable bonds is 4. The highest BCUT2D eigenvalue weighted by molar-refractivity contribution is 7.07. The average molecular weight is 220 g/mol. The monoisotopic (exact) mass is 220 g/mol. The first kappa shape index (κ1) is 10.6. The Bertz CT molecular complexity index is 436. The molecular weight excluding hydrogens is 204 g/mol. The summed E-state index contributed by atoms with van der Waals surface area (Å²) in [6.07, 6.45) is 1.07. The molecule has 2 rings (SSSR count). The number of aromatic nitrogens is 1. The Balaban J connectivity index is 2.21. The molecule has 1 unspecified atom stereocenters. The summed E-state index contributed by atoms with van der Waals surface area (Å²) < 4.78 is 4.45. The van der Waals surface area contributed by atoms with E-state index >= 15 is 0 Å². The van der Waals surface area contributed by atoms with Gasteiger partial charge in [-0.15, -0.1) is 0 Å². The van der Waals surface area contributed by atoms with Gasteiger partial charge in [0.25, 0.3) is 0 Å². The van der Waals surface area contributed by atoms with Gasteiger partial charge in [0.1, 0.15) is 0 Å². The van der Waals surface area contributed by atoms with Crippen molar-refractivity contribution in [1.29, 1.82) is 0 Å². The Hall–Kier alpha value is -0.930. The fraction of sp³-hybridized carbons (Fsp3) is 0.417. The van der Waals surface area contributed by atoms with Gasteiger partial charge in [0.2, 0.25) is 0 Å². The van der Waals surface area contributed by atoms with Gasteiger partial charge < -0.3 is 5.32 Å². The Labute approximate surface area is 94.5 Å². The van der Waals surface area contributed by atoms with E-state index in [9.17, 15) is 0 Å². The third-order valence-corrected chi connectivity index (χ3v) is 3.40. The van der Waals surface area contributed by atoms with E-state index in [4.69, 9.17) is 0 Å². The second-order valence-corrected chi connectivity index (χ2v) is 4.64. The van der Waals surface area contributed by atoms with Crippen molar-refractivity contribution >= 4 is 22.4 Å². The van der Waals surface area contributed by atoms with Crippen LogP contribution in [0.1, 0.15) is 18.7 Å². The molecule has 1 aromatic heterocycles. The van der Waals surface area contributed by atoms with Gasteiger partial charge >= 0.3 is 0 Å². The Morgan fingerprint density at radius 3 is 3.00 bits per heavy atom. The van der Waals surface area contributed by atoms with Crippen LogP contribution in [0.4, 0.5) is 0 Å². The number of fused-ring (bicyclic) bond motifs is 1. The molecule has 0 radical (unpaired) electrons. The summed E-state index contributed by atoms with van der Waals surface area (Å²) in [6.45, 7) is 5.39. The van der Waals surface area contributed by atoms with Crippen LogP contribution < -0.4 is 5.32 Å². The van der Waals surface area contributed by atoms with Gasteiger partial charge in [-0.1, -0.05) is 25.1 Å². The zero-order valence-corrected chi connectivity index (χ0v) is 9.97. The fourth-order valence-electron chi connectivity index (χ4n) is 1.79. The van der Waals surface area contributed by atoms with Crippen LogP contribution in [0.5, 0.6) is 0 Å². The zero-order chi connectivity index (χ0) is 10.7. The first-order valence-electron chi connectivity index (χ1n) is 5.38. The molecule has 1 aromatic carbocycles. The van der Waals surface area contributed by atoms with E-state index in [1.807, 2.05) is 6.07 Å². The largest absolute Gasteiger partial charge is 0.314 e. The van der Waals surface area contributed by atoms with E-state index in [0.29, 0.717) is 6.04 Å². The Morgan fingerprint density at radius 1 is 1.40 bits per heavy atom. The quantitative estimate of drug-likeness (QED) is 0.857. The van der Waals surface area contributed by atoms with Crippen LogP contribution >= 0.6 is 11.5 Å². The minimum atomic E-state index is 0.527. The lowest BCUT2D eigenvalue weighted by Gasteiger charge is -2.10. The average Bonchev–Trinajstić information content (AvgIpc) is 2.62. The van der Waals surface area contributed by atoms with E-state index in [1.54, 1.807) is 11.5 Å². The molecule has 1 atom stereocenters. The van der Waals surface area contributed by atoms with Crippen LogP contribution in [-0.4, -0.2) is 17.0 Å². The molecule has 0 spiro atoms.